The molecule has 3 rings (SSSR count). The van der Waals surface area contributed by atoms with E-state index in [4.69, 9.17) is 4.52 Å². The molecule has 0 aliphatic heterocycles. The zero-order valence-corrected chi connectivity index (χ0v) is 16.0. The number of hydrogen-bond donors (Lipinski definition) is 0. The number of hydrogen-bond acceptors (Lipinski definition) is 7. The van der Waals surface area contributed by atoms with E-state index in [0.717, 1.165) is 17.3 Å². The van der Waals surface area contributed by atoms with Crippen LogP contribution in [0.4, 0.5) is 4.39 Å². The van der Waals surface area contributed by atoms with E-state index >= 15 is 0 Å². The maximum absolute atomic E-state index is 13.7. The third-order valence-electron chi connectivity index (χ3n) is 3.74. The van der Waals surface area contributed by atoms with E-state index in [1.54, 1.807) is 30.8 Å². The molecule has 0 fully saturated rings. The van der Waals surface area contributed by atoms with Crippen molar-refractivity contribution in [2.24, 2.45) is 0 Å². The van der Waals surface area contributed by atoms with Gasteiger partial charge in [0.2, 0.25) is 16.9 Å². The van der Waals surface area contributed by atoms with Crippen LogP contribution in [0.3, 0.4) is 0 Å². The Morgan fingerprint density at radius 2 is 2.08 bits per heavy atom. The maximum Gasteiger partial charge on any atom is 0.226 e. The number of tetrazole rings is 1. The van der Waals surface area contributed by atoms with Crippen LogP contribution in [0.15, 0.2) is 27.9 Å². The number of rotatable bonds is 6. The first-order valence-corrected chi connectivity index (χ1v) is 9.34. The first-order valence-electron chi connectivity index (χ1n) is 8.35. The first-order chi connectivity index (χ1) is 12.3. The highest BCUT2D eigenvalue weighted by Gasteiger charge is 2.19. The summed E-state index contributed by atoms with van der Waals surface area (Å²) < 4.78 is 20.7. The molecule has 0 bridgehead atoms. The van der Waals surface area contributed by atoms with Crippen molar-refractivity contribution in [3.63, 3.8) is 0 Å². The third-order valence-corrected chi connectivity index (χ3v) is 4.75. The summed E-state index contributed by atoms with van der Waals surface area (Å²) in [5.41, 5.74) is 1.05. The Labute approximate surface area is 155 Å². The third kappa shape index (κ3) is 4.27. The molecule has 0 atom stereocenters. The van der Waals surface area contributed by atoms with E-state index in [-0.39, 0.29) is 11.4 Å². The first kappa shape index (κ1) is 18.5. The minimum Gasteiger partial charge on any atom is -0.339 e. The van der Waals surface area contributed by atoms with Crippen molar-refractivity contribution >= 4 is 11.8 Å². The quantitative estimate of drug-likeness (QED) is 0.480. The molecule has 0 unspecified atom stereocenters. The summed E-state index contributed by atoms with van der Waals surface area (Å²) in [6.45, 7) is 7.89. The predicted molar refractivity (Wildman–Crippen MR) is 96.3 cm³/mol. The average Bonchev–Trinajstić information content (AvgIpc) is 3.23. The monoisotopic (exact) mass is 376 g/mol. The largest absolute Gasteiger partial charge is 0.339 e. The zero-order valence-electron chi connectivity index (χ0n) is 15.2. The highest BCUT2D eigenvalue weighted by molar-refractivity contribution is 7.99. The Morgan fingerprint density at radius 1 is 1.27 bits per heavy atom. The molecule has 0 saturated carbocycles. The van der Waals surface area contributed by atoms with Crippen molar-refractivity contribution in [3.8, 4) is 11.4 Å². The molecule has 138 valence electrons. The van der Waals surface area contributed by atoms with Gasteiger partial charge in [-0.2, -0.15) is 4.98 Å². The molecule has 0 N–H and O–H groups in total. The van der Waals surface area contributed by atoms with Crippen molar-refractivity contribution in [2.45, 2.75) is 51.2 Å². The fraction of sp³-hybridized carbons (Fsp3) is 0.471. The van der Waals surface area contributed by atoms with Crippen LogP contribution in [0.1, 0.15) is 38.6 Å². The van der Waals surface area contributed by atoms with E-state index in [1.165, 1.54) is 6.07 Å². The molecule has 2 aromatic heterocycles. The SMILES string of the molecule is Cc1ccc(-c2noc(CCCSc3nnnn3C(C)(C)C)n2)cc1F. The van der Waals surface area contributed by atoms with Crippen LogP contribution in [0.25, 0.3) is 11.4 Å². The molecule has 0 aliphatic carbocycles. The summed E-state index contributed by atoms with van der Waals surface area (Å²) in [7, 11) is 0. The second-order valence-electron chi connectivity index (χ2n) is 6.97. The fourth-order valence-electron chi connectivity index (χ4n) is 2.28. The lowest BCUT2D eigenvalue weighted by molar-refractivity contribution is 0.321. The average molecular weight is 376 g/mol. The van der Waals surface area contributed by atoms with E-state index in [9.17, 15) is 4.39 Å². The van der Waals surface area contributed by atoms with Gasteiger partial charge in [0.15, 0.2) is 0 Å². The van der Waals surface area contributed by atoms with Crippen molar-refractivity contribution in [3.05, 3.63) is 35.5 Å². The Kier molecular flexibility index (Phi) is 5.36. The molecular weight excluding hydrogens is 355 g/mol. The van der Waals surface area contributed by atoms with Crippen molar-refractivity contribution in [2.75, 3.05) is 5.75 Å². The topological polar surface area (TPSA) is 82.5 Å². The van der Waals surface area contributed by atoms with Gasteiger partial charge in [-0.05, 0) is 56.2 Å². The lowest BCUT2D eigenvalue weighted by Crippen LogP contribution is -2.24. The van der Waals surface area contributed by atoms with Gasteiger partial charge in [-0.1, -0.05) is 29.1 Å². The summed E-state index contributed by atoms with van der Waals surface area (Å²) in [5, 5.41) is 16.6. The van der Waals surface area contributed by atoms with Gasteiger partial charge in [0.1, 0.15) is 5.82 Å². The van der Waals surface area contributed by atoms with Crippen LogP contribution in [-0.2, 0) is 12.0 Å². The second-order valence-corrected chi connectivity index (χ2v) is 8.03. The van der Waals surface area contributed by atoms with Crippen LogP contribution in [0.5, 0.6) is 0 Å². The minimum absolute atomic E-state index is 0.156. The number of thioether (sulfide) groups is 1. The van der Waals surface area contributed by atoms with Crippen LogP contribution >= 0.6 is 11.8 Å². The molecule has 7 nitrogen and oxygen atoms in total. The molecule has 0 amide bonds. The summed E-state index contributed by atoms with van der Waals surface area (Å²) in [4.78, 5) is 4.34. The number of nitrogens with zero attached hydrogens (tertiary/aromatic N) is 6. The molecule has 26 heavy (non-hydrogen) atoms. The van der Waals surface area contributed by atoms with Crippen molar-refractivity contribution in [1.29, 1.82) is 0 Å². The summed E-state index contributed by atoms with van der Waals surface area (Å²) in [5.74, 6) is 1.50. The van der Waals surface area contributed by atoms with Crippen molar-refractivity contribution in [1.82, 2.24) is 30.3 Å². The molecule has 0 aliphatic rings. The smallest absolute Gasteiger partial charge is 0.226 e. The molecule has 1 aromatic carbocycles. The molecule has 0 saturated heterocycles. The van der Waals surface area contributed by atoms with Gasteiger partial charge in [-0.3, -0.25) is 0 Å². The molecule has 0 spiro atoms. The summed E-state index contributed by atoms with van der Waals surface area (Å²) in [6.07, 6.45) is 1.48. The lowest BCUT2D eigenvalue weighted by Gasteiger charge is -2.19. The summed E-state index contributed by atoms with van der Waals surface area (Å²) in [6, 6.07) is 4.91. The number of aryl methyl sites for hydroxylation is 2. The highest BCUT2D eigenvalue weighted by Crippen LogP contribution is 2.23. The van der Waals surface area contributed by atoms with E-state index in [1.807, 2.05) is 4.68 Å². The Balaban J connectivity index is 1.54. The second kappa shape index (κ2) is 7.53. The van der Waals surface area contributed by atoms with Gasteiger partial charge in [0.05, 0.1) is 5.54 Å². The Hall–Kier alpha value is -2.29. The lowest BCUT2D eigenvalue weighted by atomic mass is 10.1. The molecule has 0 radical (unpaired) electrons. The van der Waals surface area contributed by atoms with E-state index < -0.39 is 0 Å². The minimum atomic E-state index is -0.276. The van der Waals surface area contributed by atoms with E-state index in [2.05, 4.69) is 46.4 Å². The van der Waals surface area contributed by atoms with Gasteiger partial charge in [-0.25, -0.2) is 9.07 Å². The highest BCUT2D eigenvalue weighted by atomic mass is 32.2. The molecule has 2 heterocycles. The number of halogens is 1. The van der Waals surface area contributed by atoms with Crippen molar-refractivity contribution < 1.29 is 8.91 Å². The Bertz CT molecular complexity index is 886. The van der Waals surface area contributed by atoms with Crippen LogP contribution in [0.2, 0.25) is 0 Å². The van der Waals surface area contributed by atoms with E-state index in [0.29, 0.717) is 29.3 Å². The van der Waals surface area contributed by atoms with Gasteiger partial charge in [0.25, 0.3) is 0 Å². The van der Waals surface area contributed by atoms with Crippen LogP contribution in [0, 0.1) is 12.7 Å². The normalized spacial score (nSPS) is 11.9. The summed E-state index contributed by atoms with van der Waals surface area (Å²) >= 11 is 1.59. The number of benzene rings is 1. The number of aromatic nitrogens is 6. The molecular formula is C17H21FN6OS. The van der Waals surface area contributed by atoms with Gasteiger partial charge in [-0.15, -0.1) is 5.10 Å². The van der Waals surface area contributed by atoms with Gasteiger partial charge in [0, 0.05) is 17.7 Å². The zero-order chi connectivity index (χ0) is 18.7. The predicted octanol–water partition coefficient (Wildman–Crippen LogP) is 3.65. The van der Waals surface area contributed by atoms with Gasteiger partial charge < -0.3 is 4.52 Å². The molecule has 3 aromatic rings. The van der Waals surface area contributed by atoms with Crippen LogP contribution in [-0.4, -0.2) is 36.1 Å². The molecule has 9 heteroatoms. The van der Waals surface area contributed by atoms with Gasteiger partial charge >= 0.3 is 0 Å². The Morgan fingerprint density at radius 3 is 2.81 bits per heavy atom. The standard InChI is InChI=1S/C17H21FN6OS/c1-11-7-8-12(10-13(11)18)15-19-14(25-21-15)6-5-9-26-16-20-22-23-24(16)17(2,3)4/h7-8,10H,5-6,9H2,1-4H3. The fourth-order valence-corrected chi connectivity index (χ4v) is 3.28. The van der Waals surface area contributed by atoms with Crippen LogP contribution < -0.4 is 0 Å². The maximum atomic E-state index is 13.7.